The molecule has 0 atom stereocenters. The summed E-state index contributed by atoms with van der Waals surface area (Å²) in [5, 5.41) is 4.12. The van der Waals surface area contributed by atoms with Gasteiger partial charge in [-0.15, -0.1) is 0 Å². The zero-order valence-corrected chi connectivity index (χ0v) is 13.7. The molecule has 0 fully saturated rings. The second kappa shape index (κ2) is 9.19. The molecule has 0 aliphatic rings. The highest BCUT2D eigenvalue weighted by molar-refractivity contribution is 6.33. The molecule has 0 spiro atoms. The van der Waals surface area contributed by atoms with Crippen molar-refractivity contribution in [3.8, 4) is 0 Å². The van der Waals surface area contributed by atoms with Gasteiger partial charge in [-0.05, 0) is 31.8 Å². The monoisotopic (exact) mass is 299 g/mol. The maximum Gasteiger partial charge on any atom is 0.0642 e. The molecule has 114 valence electrons. The molecule has 0 aliphatic heterocycles. The van der Waals surface area contributed by atoms with E-state index in [2.05, 4.69) is 48.4 Å². The van der Waals surface area contributed by atoms with E-state index in [0.29, 0.717) is 0 Å². The topological polar surface area (TPSA) is 27.7 Å². The van der Waals surface area contributed by atoms with E-state index in [1.165, 1.54) is 5.56 Å². The minimum atomic E-state index is 0.721. The van der Waals surface area contributed by atoms with Crippen LogP contribution in [0.3, 0.4) is 0 Å². The van der Waals surface area contributed by atoms with Gasteiger partial charge in [0.25, 0.3) is 0 Å². The average molecular weight is 300 g/mol. The van der Waals surface area contributed by atoms with Crippen LogP contribution in [0.1, 0.15) is 5.56 Å². The number of benzene rings is 1. The second-order valence-electron chi connectivity index (χ2n) is 5.18. The molecule has 4 nitrogen and oxygen atoms in total. The van der Waals surface area contributed by atoms with Gasteiger partial charge in [-0.25, -0.2) is 0 Å². The highest BCUT2D eigenvalue weighted by atomic mass is 35.5. The van der Waals surface area contributed by atoms with Gasteiger partial charge in [-0.1, -0.05) is 17.7 Å². The summed E-state index contributed by atoms with van der Waals surface area (Å²) < 4.78 is 5.00. The Labute approximate surface area is 127 Å². The number of methoxy groups -OCH3 is 1. The van der Waals surface area contributed by atoms with Crippen molar-refractivity contribution in [3.63, 3.8) is 0 Å². The van der Waals surface area contributed by atoms with Gasteiger partial charge in [0.2, 0.25) is 0 Å². The van der Waals surface area contributed by atoms with E-state index in [9.17, 15) is 0 Å². The molecule has 1 aromatic rings. The van der Waals surface area contributed by atoms with E-state index in [1.807, 2.05) is 6.07 Å². The summed E-state index contributed by atoms with van der Waals surface area (Å²) in [5.41, 5.74) is 2.27. The Balaban J connectivity index is 2.54. The first-order chi connectivity index (χ1) is 9.54. The van der Waals surface area contributed by atoms with Crippen LogP contribution in [-0.4, -0.2) is 59.4 Å². The lowest BCUT2D eigenvalue weighted by Crippen LogP contribution is -2.28. The minimum Gasteiger partial charge on any atom is -0.383 e. The third-order valence-corrected chi connectivity index (χ3v) is 3.42. The number of nitrogens with zero attached hydrogens (tertiary/aromatic N) is 2. The van der Waals surface area contributed by atoms with Crippen molar-refractivity contribution in [3.05, 3.63) is 28.8 Å². The van der Waals surface area contributed by atoms with Crippen LogP contribution < -0.4 is 10.2 Å². The van der Waals surface area contributed by atoms with Crippen molar-refractivity contribution in [2.75, 3.05) is 59.4 Å². The third-order valence-electron chi connectivity index (χ3n) is 3.12. The molecule has 1 N–H and O–H groups in total. The van der Waals surface area contributed by atoms with E-state index in [0.717, 1.165) is 43.5 Å². The van der Waals surface area contributed by atoms with Crippen LogP contribution in [0.4, 0.5) is 5.69 Å². The van der Waals surface area contributed by atoms with Crippen molar-refractivity contribution in [2.24, 2.45) is 0 Å². The lowest BCUT2D eigenvalue weighted by Gasteiger charge is -2.23. The fourth-order valence-electron chi connectivity index (χ4n) is 1.85. The highest BCUT2D eigenvalue weighted by Crippen LogP contribution is 2.25. The van der Waals surface area contributed by atoms with Crippen molar-refractivity contribution in [1.82, 2.24) is 10.2 Å². The van der Waals surface area contributed by atoms with Crippen LogP contribution in [0.2, 0.25) is 5.02 Å². The first-order valence-electron chi connectivity index (χ1n) is 6.88. The normalized spacial score (nSPS) is 11.1. The van der Waals surface area contributed by atoms with E-state index in [-0.39, 0.29) is 0 Å². The Morgan fingerprint density at radius 3 is 2.55 bits per heavy atom. The van der Waals surface area contributed by atoms with E-state index < -0.39 is 0 Å². The molecule has 0 saturated heterocycles. The molecule has 20 heavy (non-hydrogen) atoms. The predicted molar refractivity (Wildman–Crippen MR) is 86.9 cm³/mol. The van der Waals surface area contributed by atoms with Gasteiger partial charge in [0.05, 0.1) is 17.3 Å². The summed E-state index contributed by atoms with van der Waals surface area (Å²) in [6, 6.07) is 6.24. The zero-order valence-electron chi connectivity index (χ0n) is 12.9. The maximum absolute atomic E-state index is 6.37. The van der Waals surface area contributed by atoms with E-state index in [4.69, 9.17) is 16.3 Å². The lowest BCUT2D eigenvalue weighted by molar-refractivity contribution is 0.199. The number of hydrogen-bond donors (Lipinski definition) is 1. The summed E-state index contributed by atoms with van der Waals surface area (Å²) in [6.07, 6.45) is 0. The summed E-state index contributed by atoms with van der Waals surface area (Å²) in [7, 11) is 7.92. The quantitative estimate of drug-likeness (QED) is 0.707. The molecule has 0 aliphatic carbocycles. The lowest BCUT2D eigenvalue weighted by atomic mass is 10.2. The first-order valence-corrected chi connectivity index (χ1v) is 7.26. The molecule has 0 aromatic heterocycles. The summed E-state index contributed by atoms with van der Waals surface area (Å²) in [5.74, 6) is 0. The van der Waals surface area contributed by atoms with Crippen molar-refractivity contribution in [1.29, 1.82) is 0 Å². The van der Waals surface area contributed by atoms with Crippen LogP contribution in [-0.2, 0) is 11.3 Å². The molecule has 1 rings (SSSR count). The smallest absolute Gasteiger partial charge is 0.0642 e. The Hall–Kier alpha value is -0.810. The first kappa shape index (κ1) is 17.2. The average Bonchev–Trinajstić information content (AvgIpc) is 2.41. The van der Waals surface area contributed by atoms with Gasteiger partial charge in [0.1, 0.15) is 0 Å². The van der Waals surface area contributed by atoms with Crippen molar-refractivity contribution in [2.45, 2.75) is 6.54 Å². The molecule has 0 saturated carbocycles. The predicted octanol–water partition coefficient (Wildman–Crippen LogP) is 2.07. The molecule has 1 aromatic carbocycles. The van der Waals surface area contributed by atoms with Gasteiger partial charge in [-0.3, -0.25) is 0 Å². The number of ether oxygens (including phenoxy) is 1. The Morgan fingerprint density at radius 2 is 1.95 bits per heavy atom. The Morgan fingerprint density at radius 1 is 1.20 bits per heavy atom. The van der Waals surface area contributed by atoms with Gasteiger partial charge < -0.3 is 19.9 Å². The second-order valence-corrected chi connectivity index (χ2v) is 5.59. The van der Waals surface area contributed by atoms with Gasteiger partial charge in [0.15, 0.2) is 0 Å². The minimum absolute atomic E-state index is 0.721. The molecular weight excluding hydrogens is 274 g/mol. The zero-order chi connectivity index (χ0) is 15.0. The number of hydrogen-bond acceptors (Lipinski definition) is 4. The van der Waals surface area contributed by atoms with Crippen LogP contribution in [0.5, 0.6) is 0 Å². The standard InChI is InChI=1S/C15H26ClN3O/c1-18(2)8-9-19(3)15-6-5-13(11-14(15)16)12-17-7-10-20-4/h5-6,11,17H,7-10,12H2,1-4H3. The van der Waals surface area contributed by atoms with Crippen LogP contribution in [0.15, 0.2) is 18.2 Å². The number of rotatable bonds is 9. The largest absolute Gasteiger partial charge is 0.383 e. The van der Waals surface area contributed by atoms with Crippen LogP contribution in [0.25, 0.3) is 0 Å². The molecular formula is C15H26ClN3O. The molecule has 0 bridgehead atoms. The van der Waals surface area contributed by atoms with Crippen molar-refractivity contribution < 1.29 is 4.74 Å². The van der Waals surface area contributed by atoms with Crippen molar-refractivity contribution >= 4 is 17.3 Å². The summed E-state index contributed by atoms with van der Waals surface area (Å²) >= 11 is 6.37. The fraction of sp³-hybridized carbons (Fsp3) is 0.600. The molecule has 0 radical (unpaired) electrons. The number of anilines is 1. The van der Waals surface area contributed by atoms with Gasteiger partial charge >= 0.3 is 0 Å². The fourth-order valence-corrected chi connectivity index (χ4v) is 2.19. The summed E-state index contributed by atoms with van der Waals surface area (Å²) in [4.78, 5) is 4.35. The van der Waals surface area contributed by atoms with Crippen LogP contribution >= 0.6 is 11.6 Å². The van der Waals surface area contributed by atoms with Crippen LogP contribution in [0, 0.1) is 0 Å². The molecule has 0 heterocycles. The third kappa shape index (κ3) is 6.09. The molecule has 0 amide bonds. The number of halogens is 1. The molecule has 0 unspecified atom stereocenters. The highest BCUT2D eigenvalue weighted by Gasteiger charge is 2.07. The summed E-state index contributed by atoms with van der Waals surface area (Å²) in [6.45, 7) is 4.34. The number of likely N-dealkylation sites (N-methyl/N-ethyl adjacent to an activating group) is 2. The van der Waals surface area contributed by atoms with Gasteiger partial charge in [-0.2, -0.15) is 0 Å². The SMILES string of the molecule is COCCNCc1ccc(N(C)CCN(C)C)c(Cl)c1. The maximum atomic E-state index is 6.37. The van der Waals surface area contributed by atoms with E-state index >= 15 is 0 Å². The van der Waals surface area contributed by atoms with E-state index in [1.54, 1.807) is 7.11 Å². The Kier molecular flexibility index (Phi) is 7.92. The molecule has 5 heteroatoms. The van der Waals surface area contributed by atoms with Gasteiger partial charge in [0, 0.05) is 40.3 Å². The number of nitrogens with one attached hydrogen (secondary N) is 1. The Bertz CT molecular complexity index is 399.